The Labute approximate surface area is 124 Å². The van der Waals surface area contributed by atoms with Gasteiger partial charge in [0.2, 0.25) is 5.91 Å². The zero-order chi connectivity index (χ0) is 14.7. The summed E-state index contributed by atoms with van der Waals surface area (Å²) in [6.45, 7) is 0.426. The zero-order valence-electron chi connectivity index (χ0n) is 11.2. The van der Waals surface area contributed by atoms with Crippen LogP contribution in [0.15, 0.2) is 52.9 Å². The first-order valence-corrected chi connectivity index (χ1v) is 7.35. The average Bonchev–Trinajstić information content (AvgIpc) is 2.98. The van der Waals surface area contributed by atoms with Gasteiger partial charge < -0.3 is 5.32 Å². The van der Waals surface area contributed by atoms with Crippen molar-refractivity contribution in [3.63, 3.8) is 0 Å². The molecule has 1 aromatic carbocycles. The highest BCUT2D eigenvalue weighted by Crippen LogP contribution is 2.12. The summed E-state index contributed by atoms with van der Waals surface area (Å²) in [6.07, 6.45) is 1.42. The SMILES string of the molecule is O=C(Cn1cnc2ccsc2c1=O)NCc1ccccc1. The summed E-state index contributed by atoms with van der Waals surface area (Å²) in [5.74, 6) is -0.210. The minimum Gasteiger partial charge on any atom is -0.350 e. The number of hydrogen-bond acceptors (Lipinski definition) is 4. The molecular formula is C15H13N3O2S. The Kier molecular flexibility index (Phi) is 3.79. The van der Waals surface area contributed by atoms with E-state index in [0.717, 1.165) is 5.56 Å². The average molecular weight is 299 g/mol. The van der Waals surface area contributed by atoms with Crippen LogP contribution >= 0.6 is 11.3 Å². The Bertz CT molecular complexity index is 824. The number of thiophene rings is 1. The standard InChI is InChI=1S/C15H13N3O2S/c19-13(16-8-11-4-2-1-3-5-11)9-18-10-17-12-6-7-21-14(12)15(18)20/h1-7,10H,8-9H2,(H,16,19). The minimum atomic E-state index is -0.210. The van der Waals surface area contributed by atoms with E-state index < -0.39 is 0 Å². The second-order valence-corrected chi connectivity index (χ2v) is 5.49. The molecule has 2 heterocycles. The third kappa shape index (κ3) is 3.00. The van der Waals surface area contributed by atoms with Gasteiger partial charge in [-0.2, -0.15) is 0 Å². The van der Waals surface area contributed by atoms with Crippen molar-refractivity contribution in [1.29, 1.82) is 0 Å². The first kappa shape index (κ1) is 13.5. The number of aromatic nitrogens is 2. The van der Waals surface area contributed by atoms with Gasteiger partial charge in [0.05, 0.1) is 11.8 Å². The van der Waals surface area contributed by atoms with Crippen LogP contribution in [0.4, 0.5) is 0 Å². The lowest BCUT2D eigenvalue weighted by Gasteiger charge is -2.07. The molecule has 0 fully saturated rings. The lowest BCUT2D eigenvalue weighted by molar-refractivity contribution is -0.121. The van der Waals surface area contributed by atoms with Crippen LogP contribution in [-0.2, 0) is 17.9 Å². The molecule has 0 saturated heterocycles. The molecule has 0 aliphatic heterocycles. The molecule has 0 radical (unpaired) electrons. The van der Waals surface area contributed by atoms with Crippen LogP contribution in [0.5, 0.6) is 0 Å². The van der Waals surface area contributed by atoms with Crippen molar-refractivity contribution in [2.24, 2.45) is 0 Å². The van der Waals surface area contributed by atoms with Crippen LogP contribution in [0.3, 0.4) is 0 Å². The summed E-state index contributed by atoms with van der Waals surface area (Å²) < 4.78 is 1.91. The smallest absolute Gasteiger partial charge is 0.271 e. The molecular weight excluding hydrogens is 286 g/mol. The Hall–Kier alpha value is -2.47. The minimum absolute atomic E-state index is 0.0213. The molecule has 3 aromatic rings. The molecule has 0 atom stereocenters. The van der Waals surface area contributed by atoms with Crippen molar-refractivity contribution in [2.75, 3.05) is 0 Å². The summed E-state index contributed by atoms with van der Waals surface area (Å²) >= 11 is 1.34. The van der Waals surface area contributed by atoms with Crippen molar-refractivity contribution in [1.82, 2.24) is 14.9 Å². The fourth-order valence-corrected chi connectivity index (χ4v) is 2.79. The number of amides is 1. The Morgan fingerprint density at radius 1 is 1.24 bits per heavy atom. The lowest BCUT2D eigenvalue weighted by Crippen LogP contribution is -2.31. The fourth-order valence-electron chi connectivity index (χ4n) is 2.00. The fraction of sp³-hybridized carbons (Fsp3) is 0.133. The predicted molar refractivity (Wildman–Crippen MR) is 82.2 cm³/mol. The van der Waals surface area contributed by atoms with Crippen LogP contribution in [0.2, 0.25) is 0 Å². The molecule has 0 bridgehead atoms. The first-order valence-electron chi connectivity index (χ1n) is 6.47. The van der Waals surface area contributed by atoms with Crippen molar-refractivity contribution in [3.8, 4) is 0 Å². The summed E-state index contributed by atoms with van der Waals surface area (Å²) in [6, 6.07) is 11.4. The largest absolute Gasteiger partial charge is 0.350 e. The summed E-state index contributed by atoms with van der Waals surface area (Å²) in [7, 11) is 0. The van der Waals surface area contributed by atoms with Crippen molar-refractivity contribution >= 4 is 27.5 Å². The van der Waals surface area contributed by atoms with E-state index in [-0.39, 0.29) is 18.0 Å². The molecule has 0 saturated carbocycles. The van der Waals surface area contributed by atoms with Gasteiger partial charge in [-0.25, -0.2) is 4.98 Å². The highest BCUT2D eigenvalue weighted by atomic mass is 32.1. The second kappa shape index (κ2) is 5.88. The molecule has 0 aliphatic carbocycles. The van der Waals surface area contributed by atoms with Crippen LogP contribution < -0.4 is 10.9 Å². The Morgan fingerprint density at radius 2 is 2.05 bits per heavy atom. The number of carbonyl (C=O) groups excluding carboxylic acids is 1. The van der Waals surface area contributed by atoms with Gasteiger partial charge in [0, 0.05) is 6.54 Å². The van der Waals surface area contributed by atoms with E-state index in [1.54, 1.807) is 6.07 Å². The topological polar surface area (TPSA) is 64.0 Å². The number of carbonyl (C=O) groups is 1. The van der Waals surface area contributed by atoms with Gasteiger partial charge in [0.15, 0.2) is 0 Å². The number of hydrogen-bond donors (Lipinski definition) is 1. The van der Waals surface area contributed by atoms with Gasteiger partial charge in [0.1, 0.15) is 11.2 Å². The molecule has 1 N–H and O–H groups in total. The maximum Gasteiger partial charge on any atom is 0.271 e. The van der Waals surface area contributed by atoms with Crippen LogP contribution in [-0.4, -0.2) is 15.5 Å². The van der Waals surface area contributed by atoms with Gasteiger partial charge in [-0.15, -0.1) is 11.3 Å². The van der Waals surface area contributed by atoms with E-state index in [1.165, 1.54) is 22.2 Å². The number of rotatable bonds is 4. The van der Waals surface area contributed by atoms with E-state index in [0.29, 0.717) is 16.8 Å². The van der Waals surface area contributed by atoms with Gasteiger partial charge in [-0.05, 0) is 17.0 Å². The van der Waals surface area contributed by atoms with Crippen molar-refractivity contribution in [2.45, 2.75) is 13.1 Å². The molecule has 6 heteroatoms. The normalized spacial score (nSPS) is 10.7. The van der Waals surface area contributed by atoms with Crippen molar-refractivity contribution < 1.29 is 4.79 Å². The van der Waals surface area contributed by atoms with Crippen LogP contribution in [0.25, 0.3) is 10.2 Å². The molecule has 0 spiro atoms. The number of nitrogens with zero attached hydrogens (tertiary/aromatic N) is 2. The third-order valence-corrected chi connectivity index (χ3v) is 3.97. The molecule has 106 valence electrons. The highest BCUT2D eigenvalue weighted by Gasteiger charge is 2.08. The third-order valence-electron chi connectivity index (χ3n) is 3.08. The van der Waals surface area contributed by atoms with E-state index in [1.807, 2.05) is 35.7 Å². The molecule has 21 heavy (non-hydrogen) atoms. The van der Waals surface area contributed by atoms with Gasteiger partial charge in [-0.3, -0.25) is 14.2 Å². The second-order valence-electron chi connectivity index (χ2n) is 4.57. The van der Waals surface area contributed by atoms with E-state index in [9.17, 15) is 9.59 Å². The predicted octanol–water partition coefficient (Wildman–Crippen LogP) is 1.77. The highest BCUT2D eigenvalue weighted by molar-refractivity contribution is 7.17. The number of nitrogens with one attached hydrogen (secondary N) is 1. The zero-order valence-corrected chi connectivity index (χ0v) is 12.0. The summed E-state index contributed by atoms with van der Waals surface area (Å²) in [5, 5.41) is 4.61. The monoisotopic (exact) mass is 299 g/mol. The van der Waals surface area contributed by atoms with Gasteiger partial charge >= 0.3 is 0 Å². The molecule has 1 amide bonds. The van der Waals surface area contributed by atoms with E-state index >= 15 is 0 Å². The van der Waals surface area contributed by atoms with Gasteiger partial charge in [0.25, 0.3) is 5.56 Å². The van der Waals surface area contributed by atoms with E-state index in [4.69, 9.17) is 0 Å². The van der Waals surface area contributed by atoms with E-state index in [2.05, 4.69) is 10.3 Å². The number of benzene rings is 1. The molecule has 0 unspecified atom stereocenters. The summed E-state index contributed by atoms with van der Waals surface area (Å²) in [5.41, 5.74) is 1.51. The molecule has 2 aromatic heterocycles. The summed E-state index contributed by atoms with van der Waals surface area (Å²) in [4.78, 5) is 28.2. The maximum atomic E-state index is 12.2. The van der Waals surface area contributed by atoms with Crippen LogP contribution in [0.1, 0.15) is 5.56 Å². The molecule has 0 aliphatic rings. The first-order chi connectivity index (χ1) is 10.2. The Balaban J connectivity index is 1.69. The number of fused-ring (bicyclic) bond motifs is 1. The van der Waals surface area contributed by atoms with Crippen LogP contribution in [0, 0.1) is 0 Å². The lowest BCUT2D eigenvalue weighted by atomic mass is 10.2. The molecule has 5 nitrogen and oxygen atoms in total. The van der Waals surface area contributed by atoms with Crippen molar-refractivity contribution in [3.05, 3.63) is 64.0 Å². The maximum absolute atomic E-state index is 12.2. The van der Waals surface area contributed by atoms with Gasteiger partial charge in [-0.1, -0.05) is 30.3 Å². The Morgan fingerprint density at radius 3 is 2.86 bits per heavy atom. The quantitative estimate of drug-likeness (QED) is 0.798. The molecule has 3 rings (SSSR count).